The average molecular weight is 411 g/mol. The lowest BCUT2D eigenvalue weighted by Gasteiger charge is -2.15. The second kappa shape index (κ2) is 9.14. The Morgan fingerprint density at radius 3 is 2.47 bits per heavy atom. The van der Waals surface area contributed by atoms with Crippen LogP contribution in [0.25, 0.3) is 11.4 Å². The molecule has 3 rings (SSSR count). The maximum Gasteiger partial charge on any atom is 0.291 e. The van der Waals surface area contributed by atoms with E-state index in [1.165, 1.54) is 29.6 Å². The predicted molar refractivity (Wildman–Crippen MR) is 108 cm³/mol. The minimum atomic E-state index is -0.449. The van der Waals surface area contributed by atoms with Gasteiger partial charge in [0.25, 0.3) is 11.5 Å². The zero-order valence-electron chi connectivity index (χ0n) is 16.7. The number of rotatable bonds is 7. The third-order valence-corrected chi connectivity index (χ3v) is 3.88. The van der Waals surface area contributed by atoms with Gasteiger partial charge < -0.3 is 24.5 Å². The van der Waals surface area contributed by atoms with Crippen molar-refractivity contribution in [3.63, 3.8) is 0 Å². The molecule has 1 aromatic carbocycles. The van der Waals surface area contributed by atoms with Gasteiger partial charge in [0.1, 0.15) is 23.4 Å². The highest BCUT2D eigenvalue weighted by Crippen LogP contribution is 2.31. The van der Waals surface area contributed by atoms with E-state index in [9.17, 15) is 14.7 Å². The maximum absolute atomic E-state index is 11.9. The molecule has 10 heteroatoms. The summed E-state index contributed by atoms with van der Waals surface area (Å²) in [5.41, 5.74) is 0.248. The van der Waals surface area contributed by atoms with E-state index in [1.807, 2.05) is 0 Å². The van der Waals surface area contributed by atoms with Crippen LogP contribution in [0.15, 0.2) is 47.7 Å². The van der Waals surface area contributed by atoms with Crippen molar-refractivity contribution < 1.29 is 19.4 Å². The van der Waals surface area contributed by atoms with Crippen LogP contribution in [0, 0.1) is 0 Å². The molecule has 0 aliphatic carbocycles. The Morgan fingerprint density at radius 1 is 1.13 bits per heavy atom. The number of aromatic amines is 1. The van der Waals surface area contributed by atoms with E-state index in [4.69, 9.17) is 9.47 Å². The normalized spacial score (nSPS) is 11.6. The van der Waals surface area contributed by atoms with E-state index >= 15 is 0 Å². The summed E-state index contributed by atoms with van der Waals surface area (Å²) in [6.45, 7) is 1.54. The highest BCUT2D eigenvalue weighted by atomic mass is 16.5. The number of amides is 1. The average Bonchev–Trinajstić information content (AvgIpc) is 2.73. The van der Waals surface area contributed by atoms with Crippen molar-refractivity contribution in [3.05, 3.63) is 59.0 Å². The van der Waals surface area contributed by atoms with E-state index in [1.54, 1.807) is 39.2 Å². The lowest BCUT2D eigenvalue weighted by atomic mass is 10.2. The minimum absolute atomic E-state index is 0.0490. The SMILES string of the molecule is C[C@@H](CO)Oc1cc(Oc2cnc(C(=O)N(C)C)nc2)cc(-c2nccc(=O)[nH]2)c1. The number of aliphatic hydroxyl groups excluding tert-OH is 1. The van der Waals surface area contributed by atoms with E-state index in [2.05, 4.69) is 19.9 Å². The van der Waals surface area contributed by atoms with Gasteiger partial charge in [0.15, 0.2) is 5.75 Å². The van der Waals surface area contributed by atoms with Crippen molar-refractivity contribution in [1.82, 2.24) is 24.8 Å². The third-order valence-electron chi connectivity index (χ3n) is 3.88. The van der Waals surface area contributed by atoms with Crippen LogP contribution in [0.5, 0.6) is 17.2 Å². The van der Waals surface area contributed by atoms with Crippen molar-refractivity contribution >= 4 is 5.91 Å². The topological polar surface area (TPSA) is 131 Å². The first-order valence-electron chi connectivity index (χ1n) is 9.05. The molecule has 1 amide bonds. The van der Waals surface area contributed by atoms with E-state index < -0.39 is 6.10 Å². The minimum Gasteiger partial charge on any atom is -0.488 e. The van der Waals surface area contributed by atoms with Crippen LogP contribution >= 0.6 is 0 Å². The number of carbonyl (C=O) groups excluding carboxylic acids is 1. The van der Waals surface area contributed by atoms with E-state index in [-0.39, 0.29) is 23.9 Å². The molecule has 0 aliphatic rings. The summed E-state index contributed by atoms with van der Waals surface area (Å²) in [4.78, 5) is 39.8. The number of H-pyrrole nitrogens is 1. The number of aromatic nitrogens is 4. The summed E-state index contributed by atoms with van der Waals surface area (Å²) in [6, 6.07) is 6.26. The highest BCUT2D eigenvalue weighted by molar-refractivity contribution is 5.89. The maximum atomic E-state index is 11.9. The molecule has 0 bridgehead atoms. The zero-order chi connectivity index (χ0) is 21.7. The molecule has 0 radical (unpaired) electrons. The van der Waals surface area contributed by atoms with E-state index in [0.717, 1.165) is 0 Å². The second-order valence-electron chi connectivity index (χ2n) is 6.63. The number of hydrogen-bond donors (Lipinski definition) is 2. The molecule has 0 saturated carbocycles. The summed E-state index contributed by atoms with van der Waals surface area (Å²) in [5, 5.41) is 9.27. The molecule has 156 valence electrons. The molecule has 2 aromatic heterocycles. The molecule has 3 aromatic rings. The Hall–Kier alpha value is -3.79. The summed E-state index contributed by atoms with van der Waals surface area (Å²) in [6.07, 6.45) is 3.72. The fraction of sp³-hybridized carbons (Fsp3) is 0.250. The number of nitrogens with one attached hydrogen (secondary N) is 1. The van der Waals surface area contributed by atoms with Gasteiger partial charge >= 0.3 is 0 Å². The third kappa shape index (κ3) is 5.17. The second-order valence-corrected chi connectivity index (χ2v) is 6.63. The number of nitrogens with zero attached hydrogens (tertiary/aromatic N) is 4. The molecule has 0 aliphatic heterocycles. The quantitative estimate of drug-likeness (QED) is 0.598. The van der Waals surface area contributed by atoms with Crippen molar-refractivity contribution in [2.75, 3.05) is 20.7 Å². The van der Waals surface area contributed by atoms with E-state index in [0.29, 0.717) is 28.6 Å². The van der Waals surface area contributed by atoms with Crippen LogP contribution in [0.1, 0.15) is 17.5 Å². The van der Waals surface area contributed by atoms with Gasteiger partial charge in [0, 0.05) is 38.0 Å². The van der Waals surface area contributed by atoms with Crippen molar-refractivity contribution in [1.29, 1.82) is 0 Å². The molecule has 30 heavy (non-hydrogen) atoms. The summed E-state index contributed by atoms with van der Waals surface area (Å²) < 4.78 is 11.5. The molecule has 2 heterocycles. The Morgan fingerprint density at radius 2 is 1.83 bits per heavy atom. The number of benzene rings is 1. The number of aliphatic hydroxyl groups is 1. The standard InChI is InChI=1S/C20H21N5O5/c1-12(11-26)29-14-6-13(18-21-5-4-17(27)24-18)7-15(8-14)30-16-9-22-19(23-10-16)20(28)25(2)3/h4-10,12,26H,11H2,1-3H3,(H,21,24,27)/t12-/m0/s1. The van der Waals surface area contributed by atoms with Gasteiger partial charge in [0.05, 0.1) is 19.0 Å². The van der Waals surface area contributed by atoms with Gasteiger partial charge in [-0.05, 0) is 19.1 Å². The van der Waals surface area contributed by atoms with Crippen molar-refractivity contribution in [2.45, 2.75) is 13.0 Å². The first-order chi connectivity index (χ1) is 14.4. The summed E-state index contributed by atoms with van der Waals surface area (Å²) >= 11 is 0. The molecular formula is C20H21N5O5. The molecule has 2 N–H and O–H groups in total. The van der Waals surface area contributed by atoms with Gasteiger partial charge in [-0.3, -0.25) is 9.59 Å². The van der Waals surface area contributed by atoms with Crippen molar-refractivity contribution in [2.24, 2.45) is 0 Å². The molecule has 1 atom stereocenters. The van der Waals surface area contributed by atoms with Gasteiger partial charge in [-0.2, -0.15) is 0 Å². The lowest BCUT2D eigenvalue weighted by Crippen LogP contribution is -2.23. The fourth-order valence-corrected chi connectivity index (χ4v) is 2.44. The van der Waals surface area contributed by atoms with Crippen LogP contribution in [0.2, 0.25) is 0 Å². The zero-order valence-corrected chi connectivity index (χ0v) is 16.7. The number of carbonyl (C=O) groups is 1. The van der Waals surface area contributed by atoms with Crippen LogP contribution < -0.4 is 15.0 Å². The number of hydrogen-bond acceptors (Lipinski definition) is 8. The Balaban J connectivity index is 1.93. The van der Waals surface area contributed by atoms with Crippen LogP contribution in [-0.4, -0.2) is 62.7 Å². The molecule has 0 saturated heterocycles. The first kappa shape index (κ1) is 20.9. The van der Waals surface area contributed by atoms with Gasteiger partial charge in [0.2, 0.25) is 5.82 Å². The first-order valence-corrected chi connectivity index (χ1v) is 9.05. The van der Waals surface area contributed by atoms with Crippen LogP contribution in [-0.2, 0) is 0 Å². The summed E-state index contributed by atoms with van der Waals surface area (Å²) in [5.74, 6) is 1.14. The Kier molecular flexibility index (Phi) is 6.38. The van der Waals surface area contributed by atoms with Crippen LogP contribution in [0.4, 0.5) is 0 Å². The monoisotopic (exact) mass is 411 g/mol. The molecule has 0 spiro atoms. The smallest absolute Gasteiger partial charge is 0.291 e. The molecule has 0 fully saturated rings. The molecule has 0 unspecified atom stereocenters. The summed E-state index contributed by atoms with van der Waals surface area (Å²) in [7, 11) is 3.22. The molecular weight excluding hydrogens is 390 g/mol. The Bertz CT molecular complexity index is 1080. The highest BCUT2D eigenvalue weighted by Gasteiger charge is 2.13. The van der Waals surface area contributed by atoms with Crippen molar-refractivity contribution in [3.8, 4) is 28.6 Å². The lowest BCUT2D eigenvalue weighted by molar-refractivity contribution is 0.0815. The van der Waals surface area contributed by atoms with Crippen LogP contribution in [0.3, 0.4) is 0 Å². The Labute approximate surface area is 172 Å². The number of ether oxygens (including phenoxy) is 2. The van der Waals surface area contributed by atoms with Gasteiger partial charge in [-0.1, -0.05) is 0 Å². The van der Waals surface area contributed by atoms with Gasteiger partial charge in [-0.25, -0.2) is 15.0 Å². The fourth-order valence-electron chi connectivity index (χ4n) is 2.44. The van der Waals surface area contributed by atoms with Gasteiger partial charge in [-0.15, -0.1) is 0 Å². The largest absolute Gasteiger partial charge is 0.488 e. The predicted octanol–water partition coefficient (Wildman–Crippen LogP) is 1.48. The molecule has 10 nitrogen and oxygen atoms in total.